The molecule has 150 valence electrons. The fraction of sp³-hybridized carbons (Fsp3) is 0.111. The predicted octanol–water partition coefficient (Wildman–Crippen LogP) is 2.89. The Morgan fingerprint density at radius 3 is 2.52 bits per heavy atom. The molecule has 3 rings (SSSR count). The first-order valence-corrected chi connectivity index (χ1v) is 11.6. The van der Waals surface area contributed by atoms with Crippen molar-refractivity contribution in [2.75, 3.05) is 16.8 Å². The van der Waals surface area contributed by atoms with Gasteiger partial charge in [0.2, 0.25) is 15.7 Å². The number of thiophene rings is 1. The summed E-state index contributed by atoms with van der Waals surface area (Å²) in [5.74, 6) is -0.526. The average Bonchev–Trinajstić information content (AvgIpc) is 3.22. The van der Waals surface area contributed by atoms with Crippen LogP contribution in [0.5, 0.6) is 0 Å². The number of hydrogen-bond acceptors (Lipinski definition) is 9. The molecular weight excluding hydrogens is 432 g/mol. The van der Waals surface area contributed by atoms with E-state index in [9.17, 15) is 18.0 Å². The Bertz CT molecular complexity index is 1140. The molecule has 0 unspecified atom stereocenters. The van der Waals surface area contributed by atoms with Crippen LogP contribution in [0.25, 0.3) is 0 Å². The molecule has 1 amide bonds. The lowest BCUT2D eigenvalue weighted by atomic mass is 10.1. The van der Waals surface area contributed by atoms with Gasteiger partial charge in [-0.1, -0.05) is 17.8 Å². The number of Topliss-reactive ketones (excluding diaryl/α,β-unsaturated/α-hetero) is 1. The molecule has 0 bridgehead atoms. The number of rotatable bonds is 7. The van der Waals surface area contributed by atoms with Gasteiger partial charge >= 0.3 is 0 Å². The van der Waals surface area contributed by atoms with Gasteiger partial charge < -0.3 is 11.1 Å². The summed E-state index contributed by atoms with van der Waals surface area (Å²) in [5.41, 5.74) is 6.92. The maximum Gasteiger partial charge on any atom is 0.234 e. The molecule has 0 aliphatic rings. The van der Waals surface area contributed by atoms with E-state index < -0.39 is 9.84 Å². The van der Waals surface area contributed by atoms with Crippen molar-refractivity contribution in [2.45, 2.75) is 21.2 Å². The maximum absolute atomic E-state index is 12.5. The summed E-state index contributed by atoms with van der Waals surface area (Å²) in [6.45, 7) is 1.47. The summed E-state index contributed by atoms with van der Waals surface area (Å²) in [7, 11) is -3.77. The molecule has 0 saturated heterocycles. The van der Waals surface area contributed by atoms with Crippen LogP contribution in [0.4, 0.5) is 11.5 Å². The number of nitrogen functional groups attached to an aromatic ring is 1. The molecule has 0 aliphatic heterocycles. The number of amides is 1. The number of aromatic nitrogens is 2. The Balaban J connectivity index is 1.63. The summed E-state index contributed by atoms with van der Waals surface area (Å²) < 4.78 is 25.2. The van der Waals surface area contributed by atoms with E-state index in [0.717, 1.165) is 29.3 Å². The van der Waals surface area contributed by atoms with Crippen LogP contribution in [0.2, 0.25) is 0 Å². The highest BCUT2D eigenvalue weighted by Gasteiger charge is 2.23. The second-order valence-corrected chi connectivity index (χ2v) is 9.84. The highest BCUT2D eigenvalue weighted by molar-refractivity contribution is 7.99. The summed E-state index contributed by atoms with van der Waals surface area (Å²) in [6, 6.07) is 9.64. The largest absolute Gasteiger partial charge is 0.382 e. The van der Waals surface area contributed by atoms with E-state index in [1.165, 1.54) is 13.0 Å². The van der Waals surface area contributed by atoms with Crippen molar-refractivity contribution in [3.05, 3.63) is 53.5 Å². The number of nitrogens with two attached hydrogens (primary N) is 1. The quantitative estimate of drug-likeness (QED) is 0.320. The summed E-state index contributed by atoms with van der Waals surface area (Å²) in [4.78, 5) is 31.2. The zero-order valence-corrected chi connectivity index (χ0v) is 17.6. The van der Waals surface area contributed by atoms with Gasteiger partial charge in [-0.25, -0.2) is 18.4 Å². The van der Waals surface area contributed by atoms with Crippen LogP contribution < -0.4 is 11.1 Å². The van der Waals surface area contributed by atoms with E-state index in [2.05, 4.69) is 15.3 Å². The number of carbonyl (C=O) groups excluding carboxylic acids is 2. The standard InChI is InChI=1S/C18H16N4O4S3/c1-11(23)12-4-6-13(7-5-12)21-15(24)10-28-18-20-9-14(17(19)22-18)29(25,26)16-3-2-8-27-16/h2-9H,10H2,1H3,(H,21,24)(H2,19,20,22). The SMILES string of the molecule is CC(=O)c1ccc(NC(=O)CSc2ncc(S(=O)(=O)c3cccs3)c(N)n2)cc1. The smallest absolute Gasteiger partial charge is 0.234 e. The zero-order valence-electron chi connectivity index (χ0n) is 15.2. The number of carbonyl (C=O) groups is 2. The molecular formula is C18H16N4O4S3. The fourth-order valence-electron chi connectivity index (χ4n) is 2.28. The highest BCUT2D eigenvalue weighted by atomic mass is 32.2. The third-order valence-corrected chi connectivity index (χ3v) is 7.75. The molecule has 2 heterocycles. The van der Waals surface area contributed by atoms with Crippen molar-refractivity contribution in [3.63, 3.8) is 0 Å². The van der Waals surface area contributed by atoms with E-state index >= 15 is 0 Å². The van der Waals surface area contributed by atoms with Gasteiger partial charge in [-0.3, -0.25) is 9.59 Å². The highest BCUT2D eigenvalue weighted by Crippen LogP contribution is 2.28. The second kappa shape index (κ2) is 8.72. The van der Waals surface area contributed by atoms with Gasteiger partial charge in [0.05, 0.1) is 11.9 Å². The van der Waals surface area contributed by atoms with Gasteiger partial charge in [-0.15, -0.1) is 11.3 Å². The monoisotopic (exact) mass is 448 g/mol. The number of thioether (sulfide) groups is 1. The first-order chi connectivity index (χ1) is 13.8. The minimum absolute atomic E-state index is 0.00488. The van der Waals surface area contributed by atoms with E-state index in [0.29, 0.717) is 11.3 Å². The van der Waals surface area contributed by atoms with Crippen molar-refractivity contribution in [2.24, 2.45) is 0 Å². The molecule has 29 heavy (non-hydrogen) atoms. The zero-order chi connectivity index (χ0) is 21.0. The van der Waals surface area contributed by atoms with E-state index in [-0.39, 0.29) is 37.5 Å². The molecule has 0 atom stereocenters. The third-order valence-electron chi connectivity index (χ3n) is 3.72. The Morgan fingerprint density at radius 2 is 1.93 bits per heavy atom. The van der Waals surface area contributed by atoms with E-state index in [4.69, 9.17) is 5.73 Å². The third kappa shape index (κ3) is 5.00. The van der Waals surface area contributed by atoms with Gasteiger partial charge in [-0.2, -0.15) is 0 Å². The van der Waals surface area contributed by atoms with E-state index in [1.54, 1.807) is 35.7 Å². The van der Waals surface area contributed by atoms with Crippen LogP contribution in [0.15, 0.2) is 62.2 Å². The lowest BCUT2D eigenvalue weighted by Crippen LogP contribution is -2.14. The Morgan fingerprint density at radius 1 is 1.21 bits per heavy atom. The van der Waals surface area contributed by atoms with Crippen molar-refractivity contribution in [3.8, 4) is 0 Å². The van der Waals surface area contributed by atoms with Crippen molar-refractivity contribution in [1.29, 1.82) is 0 Å². The van der Waals surface area contributed by atoms with Crippen LogP contribution in [0.1, 0.15) is 17.3 Å². The molecule has 0 radical (unpaired) electrons. The molecule has 0 saturated carbocycles. The van der Waals surface area contributed by atoms with Gasteiger partial charge in [0.25, 0.3) is 0 Å². The Labute approximate surface area is 175 Å². The molecule has 2 aromatic heterocycles. The average molecular weight is 449 g/mol. The fourth-order valence-corrected chi connectivity index (χ4v) is 5.28. The van der Waals surface area contributed by atoms with Crippen molar-refractivity contribution >= 4 is 56.1 Å². The van der Waals surface area contributed by atoms with Gasteiger partial charge in [0.15, 0.2) is 10.9 Å². The lowest BCUT2D eigenvalue weighted by molar-refractivity contribution is -0.113. The number of nitrogens with zero attached hydrogens (tertiary/aromatic N) is 2. The van der Waals surface area contributed by atoms with Crippen LogP contribution >= 0.6 is 23.1 Å². The summed E-state index contributed by atoms with van der Waals surface area (Å²) in [5, 5.41) is 4.54. The van der Waals surface area contributed by atoms with Crippen molar-refractivity contribution in [1.82, 2.24) is 9.97 Å². The van der Waals surface area contributed by atoms with Crippen LogP contribution in [0, 0.1) is 0 Å². The second-order valence-electron chi connectivity index (χ2n) is 5.81. The number of ketones is 1. The Kier molecular flexibility index (Phi) is 6.30. The molecule has 3 N–H and O–H groups in total. The normalized spacial score (nSPS) is 11.2. The molecule has 11 heteroatoms. The first-order valence-electron chi connectivity index (χ1n) is 8.22. The number of nitrogens with one attached hydrogen (secondary N) is 1. The summed E-state index contributed by atoms with van der Waals surface area (Å²) >= 11 is 2.11. The maximum atomic E-state index is 12.5. The molecule has 0 fully saturated rings. The number of anilines is 2. The van der Waals surface area contributed by atoms with Crippen LogP contribution in [-0.2, 0) is 14.6 Å². The molecule has 8 nitrogen and oxygen atoms in total. The molecule has 0 spiro atoms. The first kappa shape index (κ1) is 21.0. The topological polar surface area (TPSA) is 132 Å². The van der Waals surface area contributed by atoms with E-state index in [1.807, 2.05) is 0 Å². The number of hydrogen-bond donors (Lipinski definition) is 2. The van der Waals surface area contributed by atoms with Crippen LogP contribution in [-0.4, -0.2) is 35.8 Å². The molecule has 1 aromatic carbocycles. The molecule has 0 aliphatic carbocycles. The predicted molar refractivity (Wildman–Crippen MR) is 112 cm³/mol. The van der Waals surface area contributed by atoms with Crippen molar-refractivity contribution < 1.29 is 18.0 Å². The number of sulfone groups is 1. The minimum Gasteiger partial charge on any atom is -0.382 e. The Hall–Kier alpha value is -2.76. The minimum atomic E-state index is -3.77. The van der Waals surface area contributed by atoms with Gasteiger partial charge in [0.1, 0.15) is 14.9 Å². The number of benzene rings is 1. The lowest BCUT2D eigenvalue weighted by Gasteiger charge is -2.07. The van der Waals surface area contributed by atoms with Gasteiger partial charge in [0, 0.05) is 11.3 Å². The van der Waals surface area contributed by atoms with Crippen LogP contribution in [0.3, 0.4) is 0 Å². The summed E-state index contributed by atoms with van der Waals surface area (Å²) in [6.07, 6.45) is 1.15. The molecule has 3 aromatic rings. The van der Waals surface area contributed by atoms with Gasteiger partial charge in [-0.05, 0) is 42.6 Å².